The highest BCUT2D eigenvalue weighted by molar-refractivity contribution is 5.78. The van der Waals surface area contributed by atoms with Gasteiger partial charge in [-0.15, -0.1) is 0 Å². The highest BCUT2D eigenvalue weighted by Gasteiger charge is 2.31. The third kappa shape index (κ3) is 3.83. The van der Waals surface area contributed by atoms with E-state index in [1.807, 2.05) is 36.1 Å². The number of aromatic nitrogens is 3. The van der Waals surface area contributed by atoms with Crippen LogP contribution in [0.3, 0.4) is 0 Å². The lowest BCUT2D eigenvalue weighted by atomic mass is 9.97. The maximum Gasteiger partial charge on any atom is 0.260 e. The van der Waals surface area contributed by atoms with Gasteiger partial charge >= 0.3 is 0 Å². The Morgan fingerprint density at radius 2 is 2.20 bits per heavy atom. The Morgan fingerprint density at radius 1 is 1.32 bits per heavy atom. The number of carbonyl (C=O) groups excluding carboxylic acids is 1. The van der Waals surface area contributed by atoms with Gasteiger partial charge in [0, 0.05) is 24.9 Å². The van der Waals surface area contributed by atoms with Crippen molar-refractivity contribution in [2.45, 2.75) is 44.4 Å². The molecule has 0 spiro atoms. The number of likely N-dealkylation sites (tertiary alicyclic amines) is 1. The minimum Gasteiger partial charge on any atom is -0.484 e. The largest absolute Gasteiger partial charge is 0.484 e. The normalized spacial score (nSPS) is 20.5. The van der Waals surface area contributed by atoms with E-state index in [1.54, 1.807) is 0 Å². The lowest BCUT2D eigenvalue weighted by molar-refractivity contribution is -0.134. The van der Waals surface area contributed by atoms with Crippen molar-refractivity contribution in [1.82, 2.24) is 20.1 Å². The average molecular weight is 340 g/mol. The SMILES string of the molecule is Cc1cccc(OCC(=O)N2CCC[C@@H](c3n[nH]c(C4CC4)n3)C2)c1. The second-order valence-electron chi connectivity index (χ2n) is 7.14. The van der Waals surface area contributed by atoms with E-state index in [4.69, 9.17) is 4.74 Å². The summed E-state index contributed by atoms with van der Waals surface area (Å²) >= 11 is 0. The van der Waals surface area contributed by atoms with Gasteiger partial charge in [0.1, 0.15) is 11.6 Å². The fraction of sp³-hybridized carbons (Fsp3) is 0.526. The maximum absolute atomic E-state index is 12.5. The van der Waals surface area contributed by atoms with Gasteiger partial charge in [0.2, 0.25) is 0 Å². The molecule has 0 bridgehead atoms. The molecule has 132 valence electrons. The molecule has 2 aromatic rings. The summed E-state index contributed by atoms with van der Waals surface area (Å²) in [5, 5.41) is 7.46. The number of aromatic amines is 1. The molecule has 1 aromatic carbocycles. The molecule has 6 nitrogen and oxygen atoms in total. The second-order valence-corrected chi connectivity index (χ2v) is 7.14. The van der Waals surface area contributed by atoms with Crippen molar-refractivity contribution in [1.29, 1.82) is 0 Å². The van der Waals surface area contributed by atoms with Crippen molar-refractivity contribution in [3.63, 3.8) is 0 Å². The zero-order valence-electron chi connectivity index (χ0n) is 14.6. The number of aryl methyl sites for hydroxylation is 1. The van der Waals surface area contributed by atoms with E-state index in [0.29, 0.717) is 12.5 Å². The second kappa shape index (κ2) is 6.86. The molecule has 1 aromatic heterocycles. The number of piperidine rings is 1. The van der Waals surface area contributed by atoms with Gasteiger partial charge in [0.25, 0.3) is 5.91 Å². The Balaban J connectivity index is 1.34. The molecule has 1 atom stereocenters. The van der Waals surface area contributed by atoms with E-state index in [9.17, 15) is 4.79 Å². The number of hydrogen-bond donors (Lipinski definition) is 1. The van der Waals surface area contributed by atoms with E-state index in [0.717, 1.165) is 42.3 Å². The average Bonchev–Trinajstić information content (AvgIpc) is 3.37. The van der Waals surface area contributed by atoms with Crippen molar-refractivity contribution < 1.29 is 9.53 Å². The molecule has 1 saturated heterocycles. The number of benzene rings is 1. The highest BCUT2D eigenvalue weighted by atomic mass is 16.5. The standard InChI is InChI=1S/C19H24N4O2/c1-13-4-2-6-16(10-13)25-12-17(24)23-9-3-5-15(11-23)19-20-18(21-22-19)14-7-8-14/h2,4,6,10,14-15H,3,5,7-9,11-12H2,1H3,(H,20,21,22)/t15-/m1/s1. The van der Waals surface area contributed by atoms with Gasteiger partial charge in [-0.2, -0.15) is 5.10 Å². The lowest BCUT2D eigenvalue weighted by Gasteiger charge is -2.31. The number of ether oxygens (including phenoxy) is 1. The van der Waals surface area contributed by atoms with Crippen LogP contribution < -0.4 is 4.74 Å². The summed E-state index contributed by atoms with van der Waals surface area (Å²) in [4.78, 5) is 19.1. The molecular formula is C19H24N4O2. The number of amides is 1. The molecule has 2 fully saturated rings. The third-order valence-electron chi connectivity index (χ3n) is 4.98. The Bertz CT molecular complexity index is 753. The monoisotopic (exact) mass is 340 g/mol. The summed E-state index contributed by atoms with van der Waals surface area (Å²) in [7, 11) is 0. The molecule has 0 radical (unpaired) electrons. The van der Waals surface area contributed by atoms with Crippen LogP contribution in [0.15, 0.2) is 24.3 Å². The summed E-state index contributed by atoms with van der Waals surface area (Å²) in [5.74, 6) is 3.44. The van der Waals surface area contributed by atoms with Crippen LogP contribution in [0.5, 0.6) is 5.75 Å². The topological polar surface area (TPSA) is 71.1 Å². The van der Waals surface area contributed by atoms with Gasteiger partial charge in [-0.05, 0) is 50.3 Å². The van der Waals surface area contributed by atoms with Gasteiger partial charge in [-0.3, -0.25) is 9.89 Å². The van der Waals surface area contributed by atoms with Crippen molar-refractivity contribution in [3.05, 3.63) is 41.5 Å². The first kappa shape index (κ1) is 16.1. The number of nitrogens with one attached hydrogen (secondary N) is 1. The van der Waals surface area contributed by atoms with E-state index < -0.39 is 0 Å². The van der Waals surface area contributed by atoms with Crippen molar-refractivity contribution in [3.8, 4) is 5.75 Å². The summed E-state index contributed by atoms with van der Waals surface area (Å²) in [6.45, 7) is 3.55. The first-order valence-corrected chi connectivity index (χ1v) is 9.08. The highest BCUT2D eigenvalue weighted by Crippen LogP contribution is 2.38. The molecule has 0 unspecified atom stereocenters. The number of rotatable bonds is 5. The first-order chi connectivity index (χ1) is 12.2. The van der Waals surface area contributed by atoms with Crippen LogP contribution in [0.2, 0.25) is 0 Å². The predicted molar refractivity (Wildman–Crippen MR) is 93.6 cm³/mol. The van der Waals surface area contributed by atoms with Crippen LogP contribution in [0, 0.1) is 6.92 Å². The quantitative estimate of drug-likeness (QED) is 0.908. The first-order valence-electron chi connectivity index (χ1n) is 9.08. The molecule has 2 aliphatic rings. The predicted octanol–water partition coefficient (Wildman–Crippen LogP) is 2.78. The molecule has 4 rings (SSSR count). The lowest BCUT2D eigenvalue weighted by Crippen LogP contribution is -2.41. The molecule has 1 aliphatic carbocycles. The van der Waals surface area contributed by atoms with E-state index >= 15 is 0 Å². The van der Waals surface area contributed by atoms with Crippen molar-refractivity contribution in [2.75, 3.05) is 19.7 Å². The van der Waals surface area contributed by atoms with Gasteiger partial charge in [0.05, 0.1) is 0 Å². The van der Waals surface area contributed by atoms with Crippen molar-refractivity contribution in [2.24, 2.45) is 0 Å². The van der Waals surface area contributed by atoms with Crippen LogP contribution in [-0.2, 0) is 4.79 Å². The van der Waals surface area contributed by atoms with E-state index in [1.165, 1.54) is 12.8 Å². The number of carbonyl (C=O) groups is 1. The summed E-state index contributed by atoms with van der Waals surface area (Å²) in [6, 6.07) is 7.77. The van der Waals surface area contributed by atoms with E-state index in [2.05, 4.69) is 15.2 Å². The van der Waals surface area contributed by atoms with Gasteiger partial charge in [0.15, 0.2) is 12.4 Å². The smallest absolute Gasteiger partial charge is 0.260 e. The number of hydrogen-bond acceptors (Lipinski definition) is 4. The number of nitrogens with zero attached hydrogens (tertiary/aromatic N) is 3. The zero-order chi connectivity index (χ0) is 17.2. The Kier molecular flexibility index (Phi) is 4.42. The van der Waals surface area contributed by atoms with Gasteiger partial charge in [-0.1, -0.05) is 12.1 Å². The van der Waals surface area contributed by atoms with Crippen LogP contribution in [0.4, 0.5) is 0 Å². The fourth-order valence-electron chi connectivity index (χ4n) is 3.37. The van der Waals surface area contributed by atoms with Crippen LogP contribution >= 0.6 is 0 Å². The third-order valence-corrected chi connectivity index (χ3v) is 4.98. The number of H-pyrrole nitrogens is 1. The zero-order valence-corrected chi connectivity index (χ0v) is 14.6. The molecule has 2 heterocycles. The summed E-state index contributed by atoms with van der Waals surface area (Å²) in [6.07, 6.45) is 4.43. The van der Waals surface area contributed by atoms with E-state index in [-0.39, 0.29) is 18.4 Å². The minimum absolute atomic E-state index is 0.0316. The molecule has 1 saturated carbocycles. The van der Waals surface area contributed by atoms with Crippen molar-refractivity contribution >= 4 is 5.91 Å². The Morgan fingerprint density at radius 3 is 3.00 bits per heavy atom. The maximum atomic E-state index is 12.5. The summed E-state index contributed by atoms with van der Waals surface area (Å²) in [5.41, 5.74) is 1.12. The minimum atomic E-state index is 0.0316. The molecule has 25 heavy (non-hydrogen) atoms. The fourth-order valence-corrected chi connectivity index (χ4v) is 3.37. The molecule has 1 aliphatic heterocycles. The molecule has 6 heteroatoms. The Hall–Kier alpha value is -2.37. The van der Waals surface area contributed by atoms with Crippen LogP contribution in [0.1, 0.15) is 54.7 Å². The van der Waals surface area contributed by atoms with Crippen LogP contribution in [-0.4, -0.2) is 45.7 Å². The van der Waals surface area contributed by atoms with Crippen LogP contribution in [0.25, 0.3) is 0 Å². The summed E-state index contributed by atoms with van der Waals surface area (Å²) < 4.78 is 5.66. The molecule has 1 amide bonds. The van der Waals surface area contributed by atoms with Gasteiger partial charge < -0.3 is 9.64 Å². The molecule has 1 N–H and O–H groups in total. The Labute approximate surface area is 147 Å². The van der Waals surface area contributed by atoms with Gasteiger partial charge in [-0.25, -0.2) is 4.98 Å². The molecular weight excluding hydrogens is 316 g/mol.